The van der Waals surface area contributed by atoms with Crippen LogP contribution in [-0.2, 0) is 21.7 Å². The first-order chi connectivity index (χ1) is 27.6. The summed E-state index contributed by atoms with van der Waals surface area (Å²) in [7, 11) is 0. The summed E-state index contributed by atoms with van der Waals surface area (Å²) >= 11 is 6.04. The Morgan fingerprint density at radius 3 is 2.12 bits per heavy atom. The molecule has 7 N–H and O–H groups in total. The summed E-state index contributed by atoms with van der Waals surface area (Å²) in [5.41, 5.74) is 9.44. The lowest BCUT2D eigenvalue weighted by molar-refractivity contribution is -0.154. The van der Waals surface area contributed by atoms with Crippen molar-refractivity contribution in [3.05, 3.63) is 119 Å². The van der Waals surface area contributed by atoms with Gasteiger partial charge in [0.05, 0.1) is 5.54 Å². The van der Waals surface area contributed by atoms with Gasteiger partial charge in [-0.25, -0.2) is 0 Å². The Morgan fingerprint density at radius 1 is 0.793 bits per heavy atom. The van der Waals surface area contributed by atoms with Crippen LogP contribution in [0.1, 0.15) is 48.2 Å². The molecule has 0 radical (unpaired) electrons. The molecular formula is C41H41ClF3N9O4. The first-order valence-corrected chi connectivity index (χ1v) is 18.6. The average Bonchev–Trinajstić information content (AvgIpc) is 3.98. The maximum absolute atomic E-state index is 13.0. The number of anilines is 4. The fourth-order valence-electron chi connectivity index (χ4n) is 5.79. The lowest BCUT2D eigenvalue weighted by Crippen LogP contribution is -2.44. The number of rotatable bonds is 15. The number of amides is 3. The van der Waals surface area contributed by atoms with Gasteiger partial charge in [0.2, 0.25) is 11.9 Å². The number of alkyl halides is 3. The number of nitrogens with two attached hydrogens (primary N) is 1. The molecule has 0 saturated heterocycles. The summed E-state index contributed by atoms with van der Waals surface area (Å²) in [6, 6.07) is 27.8. The van der Waals surface area contributed by atoms with E-state index in [-0.39, 0.29) is 25.0 Å². The van der Waals surface area contributed by atoms with Crippen LogP contribution in [0.15, 0.2) is 97.1 Å². The van der Waals surface area contributed by atoms with E-state index in [9.17, 15) is 27.6 Å². The Hall–Kier alpha value is -6.26. The van der Waals surface area contributed by atoms with Gasteiger partial charge in [-0.1, -0.05) is 74.0 Å². The Bertz CT molecular complexity index is 2250. The Labute approximate surface area is 337 Å². The number of aromatic nitrogens is 3. The predicted molar refractivity (Wildman–Crippen MR) is 215 cm³/mol. The first kappa shape index (κ1) is 41.4. The minimum atomic E-state index is -4.61. The third kappa shape index (κ3) is 11.4. The highest BCUT2D eigenvalue weighted by Crippen LogP contribution is 2.48. The summed E-state index contributed by atoms with van der Waals surface area (Å²) < 4.78 is 43.8. The van der Waals surface area contributed by atoms with Gasteiger partial charge in [-0.2, -0.15) is 28.1 Å². The van der Waals surface area contributed by atoms with Crippen molar-refractivity contribution < 1.29 is 32.3 Å². The Kier molecular flexibility index (Phi) is 12.5. The van der Waals surface area contributed by atoms with Gasteiger partial charge in [-0.3, -0.25) is 14.4 Å². The number of carbonyl (C=O) groups is 3. The maximum Gasteiger partial charge on any atom is 0.422 e. The molecule has 1 saturated carbocycles. The summed E-state index contributed by atoms with van der Waals surface area (Å²) in [6.45, 7) is 2.74. The van der Waals surface area contributed by atoms with E-state index in [1.807, 2.05) is 56.3 Å². The Balaban J connectivity index is 1.01. The van der Waals surface area contributed by atoms with Crippen LogP contribution >= 0.6 is 11.6 Å². The minimum Gasteiger partial charge on any atom is -0.454 e. The molecule has 58 heavy (non-hydrogen) atoms. The zero-order valence-corrected chi connectivity index (χ0v) is 32.3. The average molecular weight is 816 g/mol. The molecule has 0 bridgehead atoms. The molecule has 0 unspecified atom stereocenters. The standard InChI is InChI=1S/C41H41ClF3N9O4/c1-39(2,23-48-34(56)35(57)49-32-5-3-4-28(20-32)26-8-6-25(21-46)7-9-26)22-47-33(55)27-10-16-31(17-11-27)50-36-51-37(53-38(52-36)58-24-41(43,44)45)54-40(18-19-40)29-12-14-30(42)15-13-29/h3-17,20H,18-19,21-24,46H2,1-2H3,(H,47,55)(H,48,56)(H,49,57)(H2,50,51,52,53,54). The molecule has 0 aliphatic heterocycles. The molecule has 3 amide bonds. The van der Waals surface area contributed by atoms with Crippen LogP contribution < -0.4 is 37.1 Å². The van der Waals surface area contributed by atoms with E-state index in [1.165, 1.54) is 0 Å². The number of ether oxygens (including phenoxy) is 1. The molecule has 5 aromatic rings. The highest BCUT2D eigenvalue weighted by atomic mass is 35.5. The number of hydrogen-bond donors (Lipinski definition) is 6. The van der Waals surface area contributed by atoms with Crippen molar-refractivity contribution in [1.29, 1.82) is 0 Å². The van der Waals surface area contributed by atoms with Crippen LogP contribution in [-0.4, -0.2) is 58.5 Å². The summed E-state index contributed by atoms with van der Waals surface area (Å²) in [6.07, 6.45) is -3.15. The molecule has 1 fully saturated rings. The van der Waals surface area contributed by atoms with Gasteiger partial charge >= 0.3 is 24.0 Å². The van der Waals surface area contributed by atoms with Crippen molar-refractivity contribution >= 4 is 52.6 Å². The van der Waals surface area contributed by atoms with E-state index in [2.05, 4.69) is 41.5 Å². The second kappa shape index (κ2) is 17.5. The second-order valence-corrected chi connectivity index (χ2v) is 15.0. The molecule has 6 rings (SSSR count). The summed E-state index contributed by atoms with van der Waals surface area (Å²) in [5, 5.41) is 14.8. The zero-order valence-electron chi connectivity index (χ0n) is 31.5. The molecular weight excluding hydrogens is 775 g/mol. The summed E-state index contributed by atoms with van der Waals surface area (Å²) in [5.74, 6) is -2.13. The van der Waals surface area contributed by atoms with Crippen molar-refractivity contribution in [1.82, 2.24) is 25.6 Å². The van der Waals surface area contributed by atoms with Gasteiger partial charge in [0.1, 0.15) is 0 Å². The monoisotopic (exact) mass is 815 g/mol. The van der Waals surface area contributed by atoms with Gasteiger partial charge in [0.25, 0.3) is 5.91 Å². The fourth-order valence-corrected chi connectivity index (χ4v) is 5.91. The van der Waals surface area contributed by atoms with Crippen LogP contribution in [0.25, 0.3) is 11.1 Å². The molecule has 1 aliphatic rings. The fraction of sp³-hybridized carbons (Fsp3) is 0.268. The number of benzene rings is 4. The summed E-state index contributed by atoms with van der Waals surface area (Å²) in [4.78, 5) is 50.9. The van der Waals surface area contributed by atoms with Gasteiger partial charge in [0, 0.05) is 41.6 Å². The quantitative estimate of drug-likeness (QED) is 0.0605. The number of nitrogens with zero attached hydrogens (tertiary/aromatic N) is 3. The largest absolute Gasteiger partial charge is 0.454 e. The van der Waals surface area contributed by atoms with E-state index >= 15 is 0 Å². The third-order valence-electron chi connectivity index (χ3n) is 9.19. The normalized spacial score (nSPS) is 13.2. The molecule has 302 valence electrons. The second-order valence-electron chi connectivity index (χ2n) is 14.6. The van der Waals surface area contributed by atoms with Crippen LogP contribution in [0.2, 0.25) is 5.02 Å². The van der Waals surface area contributed by atoms with Crippen molar-refractivity contribution in [3.8, 4) is 17.1 Å². The first-order valence-electron chi connectivity index (χ1n) is 18.2. The van der Waals surface area contributed by atoms with Crippen molar-refractivity contribution in [2.24, 2.45) is 11.1 Å². The van der Waals surface area contributed by atoms with Crippen molar-refractivity contribution in [2.75, 3.05) is 35.6 Å². The molecule has 1 aliphatic carbocycles. The highest BCUT2D eigenvalue weighted by molar-refractivity contribution is 6.39. The number of nitrogens with one attached hydrogen (secondary N) is 5. The van der Waals surface area contributed by atoms with Crippen molar-refractivity contribution in [3.63, 3.8) is 0 Å². The van der Waals surface area contributed by atoms with Crippen molar-refractivity contribution in [2.45, 2.75) is 44.9 Å². The van der Waals surface area contributed by atoms with Gasteiger partial charge in [-0.15, -0.1) is 0 Å². The van der Waals surface area contributed by atoms with Crippen LogP contribution in [0.4, 0.5) is 36.4 Å². The lowest BCUT2D eigenvalue weighted by atomic mass is 9.93. The minimum absolute atomic E-state index is 0.00774. The molecule has 1 aromatic heterocycles. The topological polar surface area (TPSA) is 185 Å². The number of hydrogen-bond acceptors (Lipinski definition) is 10. The van der Waals surface area contributed by atoms with Crippen LogP contribution in [0.3, 0.4) is 0 Å². The van der Waals surface area contributed by atoms with E-state index in [4.69, 9.17) is 22.1 Å². The Morgan fingerprint density at radius 2 is 1.47 bits per heavy atom. The number of halogens is 4. The molecule has 17 heteroatoms. The SMILES string of the molecule is CC(C)(CNC(=O)C(=O)Nc1cccc(-c2ccc(CN)cc2)c1)CNC(=O)c1ccc(Nc2nc(NC3(c4ccc(Cl)cc4)CC3)nc(OCC(F)(F)F)n2)cc1. The molecule has 0 spiro atoms. The van der Waals surface area contributed by atoms with Gasteiger partial charge < -0.3 is 37.1 Å². The number of carbonyl (C=O) groups excluding carboxylic acids is 3. The van der Waals surface area contributed by atoms with E-state index in [0.717, 1.165) is 35.1 Å². The van der Waals surface area contributed by atoms with Gasteiger partial charge in [-0.05, 0) is 89.0 Å². The van der Waals surface area contributed by atoms with Crippen LogP contribution in [0.5, 0.6) is 6.01 Å². The van der Waals surface area contributed by atoms with E-state index in [0.29, 0.717) is 28.5 Å². The smallest absolute Gasteiger partial charge is 0.422 e. The molecule has 1 heterocycles. The molecule has 4 aromatic carbocycles. The zero-order chi connectivity index (χ0) is 41.5. The highest BCUT2D eigenvalue weighted by Gasteiger charge is 2.45. The third-order valence-corrected chi connectivity index (χ3v) is 9.44. The van der Waals surface area contributed by atoms with Crippen LogP contribution in [0, 0.1) is 5.41 Å². The predicted octanol–water partition coefficient (Wildman–Crippen LogP) is 6.95. The lowest BCUT2D eigenvalue weighted by Gasteiger charge is -2.25. The maximum atomic E-state index is 13.0. The van der Waals surface area contributed by atoms with E-state index < -0.39 is 47.5 Å². The van der Waals surface area contributed by atoms with E-state index in [1.54, 1.807) is 54.6 Å². The molecule has 13 nitrogen and oxygen atoms in total. The molecule has 0 atom stereocenters. The van der Waals surface area contributed by atoms with Gasteiger partial charge in [0.15, 0.2) is 6.61 Å².